The van der Waals surface area contributed by atoms with Crippen molar-refractivity contribution in [2.24, 2.45) is 0 Å². The first-order valence-corrected chi connectivity index (χ1v) is 6.98. The number of hydrazine groups is 1. The van der Waals surface area contributed by atoms with Crippen LogP contribution in [0, 0.1) is 0 Å². The molecule has 0 spiro atoms. The van der Waals surface area contributed by atoms with Crippen molar-refractivity contribution in [3.63, 3.8) is 0 Å². The highest BCUT2D eigenvalue weighted by molar-refractivity contribution is 6.07. The Kier molecular flexibility index (Phi) is 4.35. The van der Waals surface area contributed by atoms with Crippen molar-refractivity contribution >= 4 is 17.8 Å². The molecule has 1 aliphatic heterocycles. The fourth-order valence-corrected chi connectivity index (χ4v) is 2.12. The Balaban J connectivity index is 1.99. The fourth-order valence-electron chi connectivity index (χ4n) is 2.12. The summed E-state index contributed by atoms with van der Waals surface area (Å²) >= 11 is 0. The van der Waals surface area contributed by atoms with Crippen LogP contribution < -0.4 is 15.5 Å². The Hall–Kier alpha value is -2.57. The van der Waals surface area contributed by atoms with Crippen LogP contribution in [0.3, 0.4) is 0 Å². The lowest BCUT2D eigenvalue weighted by atomic mass is 10.00. The number of ether oxygens (including phenoxy) is 1. The van der Waals surface area contributed by atoms with E-state index >= 15 is 0 Å². The number of hydrogen-bond acceptors (Lipinski definition) is 4. The summed E-state index contributed by atoms with van der Waals surface area (Å²) in [5, 5.41) is 3.32. The molecule has 7 nitrogen and oxygen atoms in total. The van der Waals surface area contributed by atoms with Gasteiger partial charge >= 0.3 is 6.03 Å². The van der Waals surface area contributed by atoms with Crippen LogP contribution in [0.4, 0.5) is 4.79 Å². The molecule has 118 valence electrons. The number of urea groups is 1. The lowest BCUT2D eigenvalue weighted by Crippen LogP contribution is -2.49. The summed E-state index contributed by atoms with van der Waals surface area (Å²) in [6, 6.07) is 6.37. The highest BCUT2D eigenvalue weighted by Crippen LogP contribution is 2.19. The minimum Gasteiger partial charge on any atom is -0.497 e. The largest absolute Gasteiger partial charge is 0.497 e. The molecule has 0 saturated carbocycles. The molecule has 0 unspecified atom stereocenters. The van der Waals surface area contributed by atoms with Crippen LogP contribution in [0.15, 0.2) is 24.3 Å². The second kappa shape index (κ2) is 6.05. The third-order valence-corrected chi connectivity index (χ3v) is 3.73. The van der Waals surface area contributed by atoms with Gasteiger partial charge in [0, 0.05) is 0 Å². The number of benzene rings is 1. The molecule has 0 aliphatic carbocycles. The van der Waals surface area contributed by atoms with Gasteiger partial charge in [-0.15, -0.1) is 0 Å². The summed E-state index contributed by atoms with van der Waals surface area (Å²) in [7, 11) is 1.56. The van der Waals surface area contributed by atoms with E-state index in [2.05, 4.69) is 10.7 Å². The monoisotopic (exact) mass is 305 g/mol. The van der Waals surface area contributed by atoms with Crippen LogP contribution in [-0.2, 0) is 16.0 Å². The summed E-state index contributed by atoms with van der Waals surface area (Å²) in [5.41, 5.74) is 2.13. The van der Waals surface area contributed by atoms with Gasteiger partial charge in [-0.25, -0.2) is 4.79 Å². The van der Waals surface area contributed by atoms with Crippen LogP contribution in [0.1, 0.15) is 25.8 Å². The number of amides is 4. The zero-order valence-electron chi connectivity index (χ0n) is 12.8. The number of imide groups is 1. The van der Waals surface area contributed by atoms with E-state index in [1.807, 2.05) is 0 Å². The number of methoxy groups -OCH3 is 1. The molecule has 22 heavy (non-hydrogen) atoms. The molecular formula is C15H19N3O4. The average Bonchev–Trinajstić information content (AvgIpc) is 2.72. The second-order valence-corrected chi connectivity index (χ2v) is 5.32. The molecule has 0 aromatic heterocycles. The summed E-state index contributed by atoms with van der Waals surface area (Å²) in [5.74, 6) is -0.200. The summed E-state index contributed by atoms with van der Waals surface area (Å²) in [6.07, 6.45) is 0.506. The molecule has 2 rings (SSSR count). The zero-order valence-corrected chi connectivity index (χ0v) is 12.8. The van der Waals surface area contributed by atoms with Gasteiger partial charge in [0.1, 0.15) is 11.3 Å². The normalized spacial score (nSPS) is 20.8. The minimum absolute atomic E-state index is 0.0594. The zero-order chi connectivity index (χ0) is 16.3. The predicted molar refractivity (Wildman–Crippen MR) is 78.9 cm³/mol. The molecule has 2 N–H and O–H groups in total. The van der Waals surface area contributed by atoms with E-state index in [4.69, 9.17) is 4.74 Å². The van der Waals surface area contributed by atoms with Crippen molar-refractivity contribution in [3.8, 4) is 5.75 Å². The highest BCUT2D eigenvalue weighted by atomic mass is 16.5. The van der Waals surface area contributed by atoms with E-state index in [0.29, 0.717) is 12.2 Å². The van der Waals surface area contributed by atoms with Crippen molar-refractivity contribution < 1.29 is 19.1 Å². The predicted octanol–water partition coefficient (Wildman–Crippen LogP) is 0.989. The topological polar surface area (TPSA) is 87.7 Å². The number of carbonyl (C=O) groups is 3. The molecule has 1 fully saturated rings. The van der Waals surface area contributed by atoms with Gasteiger partial charge in [0.05, 0.1) is 13.5 Å². The van der Waals surface area contributed by atoms with E-state index in [9.17, 15) is 14.4 Å². The smallest absolute Gasteiger partial charge is 0.344 e. The van der Waals surface area contributed by atoms with E-state index in [0.717, 1.165) is 10.6 Å². The third kappa shape index (κ3) is 3.03. The number of nitrogens with zero attached hydrogens (tertiary/aromatic N) is 1. The molecule has 7 heteroatoms. The van der Waals surface area contributed by atoms with Crippen molar-refractivity contribution in [1.29, 1.82) is 0 Å². The van der Waals surface area contributed by atoms with Crippen molar-refractivity contribution in [3.05, 3.63) is 29.8 Å². The molecule has 0 bridgehead atoms. The van der Waals surface area contributed by atoms with Crippen LogP contribution >= 0.6 is 0 Å². The van der Waals surface area contributed by atoms with E-state index < -0.39 is 23.4 Å². The van der Waals surface area contributed by atoms with Crippen LogP contribution in [-0.4, -0.2) is 35.5 Å². The van der Waals surface area contributed by atoms with E-state index in [1.54, 1.807) is 45.2 Å². The van der Waals surface area contributed by atoms with Crippen LogP contribution in [0.2, 0.25) is 0 Å². The second-order valence-electron chi connectivity index (χ2n) is 5.32. The van der Waals surface area contributed by atoms with Crippen LogP contribution in [0.5, 0.6) is 5.75 Å². The Bertz CT molecular complexity index is 599. The summed E-state index contributed by atoms with van der Waals surface area (Å²) < 4.78 is 5.04. The number of rotatable bonds is 5. The molecular weight excluding hydrogens is 286 g/mol. The van der Waals surface area contributed by atoms with Gasteiger partial charge < -0.3 is 10.1 Å². The molecule has 1 aliphatic rings. The van der Waals surface area contributed by atoms with Gasteiger partial charge in [-0.3, -0.25) is 15.0 Å². The number of nitrogens with one attached hydrogen (secondary N) is 2. The van der Waals surface area contributed by atoms with Gasteiger partial charge in [-0.05, 0) is 31.0 Å². The maximum absolute atomic E-state index is 12.2. The first kappa shape index (κ1) is 15.8. The Morgan fingerprint density at radius 1 is 1.32 bits per heavy atom. The van der Waals surface area contributed by atoms with E-state index in [1.165, 1.54) is 0 Å². The molecule has 1 aromatic carbocycles. The van der Waals surface area contributed by atoms with Gasteiger partial charge in [0.25, 0.3) is 5.91 Å². The minimum atomic E-state index is -0.968. The summed E-state index contributed by atoms with van der Waals surface area (Å²) in [4.78, 5) is 35.9. The standard InChI is InChI=1S/C15H19N3O4/c1-4-15(2)13(20)18(14(21)16-15)17-12(19)9-10-5-7-11(22-3)8-6-10/h5-8H,4,9H2,1-3H3,(H,16,21)(H,17,19)/t15-/m1/s1. The molecule has 0 radical (unpaired) electrons. The van der Waals surface area contributed by atoms with E-state index in [-0.39, 0.29) is 6.42 Å². The maximum Gasteiger partial charge on any atom is 0.344 e. The quantitative estimate of drug-likeness (QED) is 0.794. The Labute approximate surface area is 128 Å². The molecule has 1 atom stereocenters. The molecule has 1 heterocycles. The van der Waals surface area contributed by atoms with Crippen molar-refractivity contribution in [1.82, 2.24) is 15.8 Å². The third-order valence-electron chi connectivity index (χ3n) is 3.73. The molecule has 1 aromatic rings. The fraction of sp³-hybridized carbons (Fsp3) is 0.400. The first-order chi connectivity index (χ1) is 10.4. The lowest BCUT2D eigenvalue weighted by molar-refractivity contribution is -0.138. The summed E-state index contributed by atoms with van der Waals surface area (Å²) in [6.45, 7) is 3.42. The van der Waals surface area contributed by atoms with Gasteiger partial charge in [0.2, 0.25) is 5.91 Å². The van der Waals surface area contributed by atoms with Crippen molar-refractivity contribution in [2.45, 2.75) is 32.2 Å². The SMILES string of the molecule is CC[C@@]1(C)NC(=O)N(NC(=O)Cc2ccc(OC)cc2)C1=O. The number of hydrogen-bond donors (Lipinski definition) is 2. The van der Waals surface area contributed by atoms with Gasteiger partial charge in [-0.2, -0.15) is 5.01 Å². The van der Waals surface area contributed by atoms with Crippen molar-refractivity contribution in [2.75, 3.05) is 7.11 Å². The Morgan fingerprint density at radius 2 is 1.95 bits per heavy atom. The van der Waals surface area contributed by atoms with Gasteiger partial charge in [-0.1, -0.05) is 19.1 Å². The molecule has 1 saturated heterocycles. The number of carbonyl (C=O) groups excluding carboxylic acids is 3. The highest BCUT2D eigenvalue weighted by Gasteiger charge is 2.47. The Morgan fingerprint density at radius 3 is 2.45 bits per heavy atom. The lowest BCUT2D eigenvalue weighted by Gasteiger charge is -2.19. The average molecular weight is 305 g/mol. The molecule has 4 amide bonds. The van der Waals surface area contributed by atoms with Crippen LogP contribution in [0.25, 0.3) is 0 Å². The maximum atomic E-state index is 12.2. The van der Waals surface area contributed by atoms with Gasteiger partial charge in [0.15, 0.2) is 0 Å². The first-order valence-electron chi connectivity index (χ1n) is 6.98.